The molecule has 1 aromatic rings. The van der Waals surface area contributed by atoms with E-state index in [1.807, 2.05) is 0 Å². The fourth-order valence-electron chi connectivity index (χ4n) is 0.612. The fraction of sp³-hybridized carbons (Fsp3) is 0.400. The molecule has 0 aromatic carbocycles. The number of anilines is 1. The number of carboxylic acids is 1. The second kappa shape index (κ2) is 2.57. The van der Waals surface area contributed by atoms with Crippen LogP contribution in [-0.4, -0.2) is 35.5 Å². The lowest BCUT2D eigenvalue weighted by Crippen LogP contribution is -2.13. The lowest BCUT2D eigenvalue weighted by atomic mass is 10.4. The van der Waals surface area contributed by atoms with E-state index in [0.717, 1.165) is 0 Å². The number of rotatable bonds is 2. The standard InChI is InChI=1S/C5H7N3O3/c1-8(2)4-3(5(9)10)6-11-7-4/h1-2H3,(H,9,10). The lowest BCUT2D eigenvalue weighted by molar-refractivity contribution is 0.0685. The van der Waals surface area contributed by atoms with Crippen LogP contribution in [-0.2, 0) is 0 Å². The molecule has 0 aliphatic rings. The maximum Gasteiger partial charge on any atom is 0.362 e. The van der Waals surface area contributed by atoms with E-state index in [4.69, 9.17) is 5.11 Å². The molecule has 6 heteroatoms. The predicted octanol–water partition coefficient (Wildman–Crippen LogP) is -0.166. The van der Waals surface area contributed by atoms with Crippen LogP contribution in [0.25, 0.3) is 0 Å². The van der Waals surface area contributed by atoms with E-state index in [1.165, 1.54) is 4.90 Å². The molecule has 0 bridgehead atoms. The maximum absolute atomic E-state index is 10.4. The van der Waals surface area contributed by atoms with Gasteiger partial charge in [0.25, 0.3) is 0 Å². The Balaban J connectivity index is 3.06. The molecule has 0 unspecified atom stereocenters. The summed E-state index contributed by atoms with van der Waals surface area (Å²) in [5, 5.41) is 15.1. The van der Waals surface area contributed by atoms with Crippen LogP contribution >= 0.6 is 0 Å². The Kier molecular flexibility index (Phi) is 1.75. The van der Waals surface area contributed by atoms with Crippen molar-refractivity contribution in [1.82, 2.24) is 10.3 Å². The number of carbonyl (C=O) groups is 1. The van der Waals surface area contributed by atoms with Crippen LogP contribution in [0.5, 0.6) is 0 Å². The highest BCUT2D eigenvalue weighted by Crippen LogP contribution is 2.11. The lowest BCUT2D eigenvalue weighted by Gasteiger charge is -2.05. The Morgan fingerprint density at radius 3 is 2.55 bits per heavy atom. The van der Waals surface area contributed by atoms with Crippen molar-refractivity contribution in [2.75, 3.05) is 19.0 Å². The van der Waals surface area contributed by atoms with E-state index in [2.05, 4.69) is 14.9 Å². The Bertz CT molecular complexity index is 268. The van der Waals surface area contributed by atoms with E-state index in [-0.39, 0.29) is 11.5 Å². The number of hydrogen-bond donors (Lipinski definition) is 1. The Morgan fingerprint density at radius 2 is 2.18 bits per heavy atom. The smallest absolute Gasteiger partial charge is 0.362 e. The zero-order chi connectivity index (χ0) is 8.43. The SMILES string of the molecule is CN(C)c1nonc1C(=O)O. The van der Waals surface area contributed by atoms with Crippen molar-refractivity contribution in [3.05, 3.63) is 5.69 Å². The predicted molar refractivity (Wildman–Crippen MR) is 35.6 cm³/mol. The van der Waals surface area contributed by atoms with Gasteiger partial charge >= 0.3 is 5.97 Å². The first-order valence-electron chi connectivity index (χ1n) is 2.86. The minimum Gasteiger partial charge on any atom is -0.476 e. The summed E-state index contributed by atoms with van der Waals surface area (Å²) in [6, 6.07) is 0. The van der Waals surface area contributed by atoms with E-state index in [0.29, 0.717) is 0 Å². The summed E-state index contributed by atoms with van der Waals surface area (Å²) in [6.07, 6.45) is 0. The van der Waals surface area contributed by atoms with Crippen LogP contribution in [0, 0.1) is 0 Å². The van der Waals surface area contributed by atoms with Crippen LogP contribution in [0.4, 0.5) is 5.82 Å². The summed E-state index contributed by atoms with van der Waals surface area (Å²) >= 11 is 0. The first-order chi connectivity index (χ1) is 5.13. The van der Waals surface area contributed by atoms with Gasteiger partial charge in [0.15, 0.2) is 0 Å². The van der Waals surface area contributed by atoms with Gasteiger partial charge in [0, 0.05) is 14.1 Å². The van der Waals surface area contributed by atoms with Crippen molar-refractivity contribution in [3.8, 4) is 0 Å². The highest BCUT2D eigenvalue weighted by Gasteiger charge is 2.17. The molecule has 0 saturated carbocycles. The zero-order valence-electron chi connectivity index (χ0n) is 6.11. The third kappa shape index (κ3) is 1.28. The Labute approximate surface area is 62.4 Å². The minimum absolute atomic E-state index is 0.171. The second-order valence-electron chi connectivity index (χ2n) is 2.14. The number of carboxylic acid groups (broad SMARTS) is 1. The highest BCUT2D eigenvalue weighted by atomic mass is 16.6. The second-order valence-corrected chi connectivity index (χ2v) is 2.14. The van der Waals surface area contributed by atoms with E-state index in [1.54, 1.807) is 14.1 Å². The normalized spacial score (nSPS) is 9.64. The quantitative estimate of drug-likeness (QED) is 0.642. The summed E-state index contributed by atoms with van der Waals surface area (Å²) in [5.74, 6) is -0.924. The summed E-state index contributed by atoms with van der Waals surface area (Å²) in [4.78, 5) is 11.9. The molecule has 0 radical (unpaired) electrons. The molecule has 1 rings (SSSR count). The molecule has 0 atom stereocenters. The van der Waals surface area contributed by atoms with Crippen LogP contribution in [0.15, 0.2) is 4.63 Å². The molecule has 0 saturated heterocycles. The van der Waals surface area contributed by atoms with Gasteiger partial charge in [0.2, 0.25) is 11.5 Å². The molecule has 0 amide bonds. The largest absolute Gasteiger partial charge is 0.476 e. The number of aromatic carboxylic acids is 1. The first kappa shape index (κ1) is 7.52. The van der Waals surface area contributed by atoms with Crippen molar-refractivity contribution in [2.45, 2.75) is 0 Å². The van der Waals surface area contributed by atoms with E-state index >= 15 is 0 Å². The van der Waals surface area contributed by atoms with Crippen LogP contribution in [0.2, 0.25) is 0 Å². The molecule has 6 nitrogen and oxygen atoms in total. The first-order valence-corrected chi connectivity index (χ1v) is 2.86. The maximum atomic E-state index is 10.4. The van der Waals surface area contributed by atoms with Gasteiger partial charge in [-0.1, -0.05) is 0 Å². The molecule has 0 aliphatic carbocycles. The number of hydrogen-bond acceptors (Lipinski definition) is 5. The third-order valence-electron chi connectivity index (χ3n) is 1.10. The topological polar surface area (TPSA) is 79.5 Å². The van der Waals surface area contributed by atoms with E-state index < -0.39 is 5.97 Å². The highest BCUT2D eigenvalue weighted by molar-refractivity contribution is 5.90. The van der Waals surface area contributed by atoms with Crippen LogP contribution < -0.4 is 4.90 Å². The van der Waals surface area contributed by atoms with Gasteiger partial charge in [-0.25, -0.2) is 9.42 Å². The van der Waals surface area contributed by atoms with Crippen LogP contribution in [0.3, 0.4) is 0 Å². The fourth-order valence-corrected chi connectivity index (χ4v) is 0.612. The van der Waals surface area contributed by atoms with Crippen molar-refractivity contribution < 1.29 is 14.5 Å². The molecule has 11 heavy (non-hydrogen) atoms. The van der Waals surface area contributed by atoms with Gasteiger partial charge in [-0.3, -0.25) is 0 Å². The molecule has 1 heterocycles. The summed E-state index contributed by atoms with van der Waals surface area (Å²) in [5.41, 5.74) is -0.171. The van der Waals surface area contributed by atoms with E-state index in [9.17, 15) is 4.79 Å². The molecule has 0 fully saturated rings. The van der Waals surface area contributed by atoms with Crippen molar-refractivity contribution in [2.24, 2.45) is 0 Å². The molecule has 1 aromatic heterocycles. The summed E-state index contributed by atoms with van der Waals surface area (Å²) in [6.45, 7) is 0. The van der Waals surface area contributed by atoms with Gasteiger partial charge in [-0.2, -0.15) is 0 Å². The van der Waals surface area contributed by atoms with Gasteiger partial charge in [-0.15, -0.1) is 0 Å². The van der Waals surface area contributed by atoms with Crippen molar-refractivity contribution in [1.29, 1.82) is 0 Å². The van der Waals surface area contributed by atoms with Crippen molar-refractivity contribution >= 4 is 11.8 Å². The number of aromatic nitrogens is 2. The van der Waals surface area contributed by atoms with Gasteiger partial charge in [-0.05, 0) is 10.3 Å². The third-order valence-corrected chi connectivity index (χ3v) is 1.10. The minimum atomic E-state index is -1.14. The van der Waals surface area contributed by atoms with Gasteiger partial charge in [0.1, 0.15) is 0 Å². The Morgan fingerprint density at radius 1 is 1.55 bits per heavy atom. The molecule has 0 aliphatic heterocycles. The molecular formula is C5H7N3O3. The average Bonchev–Trinajstić information content (AvgIpc) is 2.32. The Hall–Kier alpha value is -1.59. The van der Waals surface area contributed by atoms with Gasteiger partial charge in [0.05, 0.1) is 0 Å². The zero-order valence-corrected chi connectivity index (χ0v) is 6.11. The monoisotopic (exact) mass is 157 g/mol. The van der Waals surface area contributed by atoms with Gasteiger partial charge < -0.3 is 10.0 Å². The van der Waals surface area contributed by atoms with Crippen molar-refractivity contribution in [3.63, 3.8) is 0 Å². The van der Waals surface area contributed by atoms with Crippen LogP contribution in [0.1, 0.15) is 10.5 Å². The summed E-state index contributed by atoms with van der Waals surface area (Å²) in [7, 11) is 3.32. The average molecular weight is 157 g/mol. The molecular weight excluding hydrogens is 150 g/mol. The molecule has 0 spiro atoms. The molecule has 1 N–H and O–H groups in total. The molecule has 60 valence electrons. The summed E-state index contributed by atoms with van der Waals surface area (Å²) < 4.78 is 4.25. The number of nitrogens with zero attached hydrogens (tertiary/aromatic N) is 3.